The highest BCUT2D eigenvalue weighted by Crippen LogP contribution is 2.39. The Kier molecular flexibility index (Phi) is 5.94. The molecule has 4 aromatic rings. The van der Waals surface area contributed by atoms with Gasteiger partial charge in [-0.05, 0) is 37.6 Å². The molecule has 2 unspecified atom stereocenters. The number of carboxylic acids is 1. The van der Waals surface area contributed by atoms with Crippen LogP contribution in [0.1, 0.15) is 17.7 Å². The summed E-state index contributed by atoms with van der Waals surface area (Å²) in [6.07, 6.45) is -3.68. The second kappa shape index (κ2) is 8.87. The predicted molar refractivity (Wildman–Crippen MR) is 129 cm³/mol. The molecule has 0 radical (unpaired) electrons. The summed E-state index contributed by atoms with van der Waals surface area (Å²) in [5.74, 6) is -0.963. The lowest BCUT2D eigenvalue weighted by Crippen LogP contribution is -2.37. The van der Waals surface area contributed by atoms with Crippen LogP contribution in [0.5, 0.6) is 0 Å². The Labute approximate surface area is 209 Å². The van der Waals surface area contributed by atoms with E-state index in [1.165, 1.54) is 15.6 Å². The van der Waals surface area contributed by atoms with Crippen LogP contribution in [0.3, 0.4) is 0 Å². The SMILES string of the molecule is Cc1cc(N2CC(S(=O)(=O)c3ccccc3C(F)(F)F)CC2C(=O)O)n(-c2ccnc3ccccc23)n1. The molecule has 3 heterocycles. The van der Waals surface area contributed by atoms with E-state index in [-0.39, 0.29) is 13.0 Å². The van der Waals surface area contributed by atoms with Crippen molar-refractivity contribution in [2.45, 2.75) is 35.7 Å². The standard InChI is InChI=1S/C25H21F3N4O4S/c1-15-12-23(32(30-15)20-10-11-29-19-8-4-2-6-17(19)20)31-14-16(13-21(31)24(33)34)37(35,36)22-9-5-3-7-18(22)25(26,27)28/h2-12,16,21H,13-14H2,1H3,(H,33,34). The van der Waals surface area contributed by atoms with Crippen molar-refractivity contribution < 1.29 is 31.5 Å². The Morgan fingerprint density at radius 2 is 1.78 bits per heavy atom. The second-order valence-electron chi connectivity index (χ2n) is 8.81. The zero-order valence-corrected chi connectivity index (χ0v) is 20.2. The number of carbonyl (C=O) groups is 1. The van der Waals surface area contributed by atoms with Crippen LogP contribution in [0.2, 0.25) is 0 Å². The van der Waals surface area contributed by atoms with Gasteiger partial charge in [-0.15, -0.1) is 0 Å². The van der Waals surface area contributed by atoms with Crippen LogP contribution >= 0.6 is 0 Å². The molecule has 1 N–H and O–H groups in total. The largest absolute Gasteiger partial charge is 0.480 e. The van der Waals surface area contributed by atoms with E-state index in [0.717, 1.165) is 17.5 Å². The van der Waals surface area contributed by atoms with Crippen LogP contribution in [0, 0.1) is 6.92 Å². The minimum absolute atomic E-state index is 0.320. The molecule has 5 rings (SSSR count). The second-order valence-corrected chi connectivity index (χ2v) is 11.0. The Morgan fingerprint density at radius 3 is 2.51 bits per heavy atom. The molecule has 0 aliphatic carbocycles. The molecule has 0 spiro atoms. The summed E-state index contributed by atoms with van der Waals surface area (Å²) in [6, 6.07) is 13.3. The number of hydrogen-bond donors (Lipinski definition) is 1. The van der Waals surface area contributed by atoms with Crippen molar-refractivity contribution in [3.63, 3.8) is 0 Å². The first-order valence-corrected chi connectivity index (χ1v) is 12.8. The molecule has 37 heavy (non-hydrogen) atoms. The zero-order valence-electron chi connectivity index (χ0n) is 19.4. The van der Waals surface area contributed by atoms with Gasteiger partial charge in [-0.1, -0.05) is 30.3 Å². The number of pyridine rings is 1. The van der Waals surface area contributed by atoms with Crippen molar-refractivity contribution in [2.24, 2.45) is 0 Å². The van der Waals surface area contributed by atoms with Crippen molar-refractivity contribution in [1.82, 2.24) is 14.8 Å². The highest BCUT2D eigenvalue weighted by atomic mass is 32.2. The van der Waals surface area contributed by atoms with Gasteiger partial charge >= 0.3 is 12.1 Å². The van der Waals surface area contributed by atoms with E-state index in [1.54, 1.807) is 25.3 Å². The van der Waals surface area contributed by atoms with Crippen molar-refractivity contribution in [2.75, 3.05) is 11.4 Å². The van der Waals surface area contributed by atoms with E-state index < -0.39 is 43.7 Å². The minimum Gasteiger partial charge on any atom is -0.480 e. The zero-order chi connectivity index (χ0) is 26.5. The first-order chi connectivity index (χ1) is 17.5. The topological polar surface area (TPSA) is 105 Å². The molecule has 2 atom stereocenters. The fraction of sp³-hybridized carbons (Fsp3) is 0.240. The van der Waals surface area contributed by atoms with Gasteiger partial charge in [-0.3, -0.25) is 4.98 Å². The number of fused-ring (bicyclic) bond motifs is 1. The maximum Gasteiger partial charge on any atom is 0.417 e. The van der Waals surface area contributed by atoms with E-state index in [2.05, 4.69) is 10.1 Å². The van der Waals surface area contributed by atoms with Crippen LogP contribution in [-0.4, -0.2) is 52.1 Å². The maximum absolute atomic E-state index is 13.6. The highest BCUT2D eigenvalue weighted by molar-refractivity contribution is 7.92. The van der Waals surface area contributed by atoms with Gasteiger partial charge in [0.2, 0.25) is 0 Å². The number of nitrogens with zero attached hydrogens (tertiary/aromatic N) is 4. The van der Waals surface area contributed by atoms with E-state index in [0.29, 0.717) is 28.8 Å². The average Bonchev–Trinajstić information content (AvgIpc) is 3.47. The van der Waals surface area contributed by atoms with Gasteiger partial charge in [0, 0.05) is 24.2 Å². The summed E-state index contributed by atoms with van der Waals surface area (Å²) in [6.45, 7) is 1.39. The molecule has 0 saturated carbocycles. The monoisotopic (exact) mass is 530 g/mol. The average molecular weight is 531 g/mol. The van der Waals surface area contributed by atoms with Gasteiger partial charge in [0.15, 0.2) is 9.84 Å². The van der Waals surface area contributed by atoms with Crippen molar-refractivity contribution in [3.8, 4) is 5.69 Å². The Morgan fingerprint density at radius 1 is 1.08 bits per heavy atom. The molecule has 0 bridgehead atoms. The molecule has 2 aromatic heterocycles. The number of para-hydroxylation sites is 1. The number of aliphatic carboxylic acids is 1. The number of benzene rings is 2. The summed E-state index contributed by atoms with van der Waals surface area (Å²) >= 11 is 0. The van der Waals surface area contributed by atoms with Crippen LogP contribution in [0.25, 0.3) is 16.6 Å². The molecular weight excluding hydrogens is 509 g/mol. The van der Waals surface area contributed by atoms with Crippen LogP contribution in [-0.2, 0) is 20.8 Å². The maximum atomic E-state index is 13.6. The molecule has 192 valence electrons. The molecular formula is C25H21F3N4O4S. The molecule has 1 fully saturated rings. The minimum atomic E-state index is -4.88. The van der Waals surface area contributed by atoms with Gasteiger partial charge < -0.3 is 10.0 Å². The quantitative estimate of drug-likeness (QED) is 0.411. The molecule has 12 heteroatoms. The van der Waals surface area contributed by atoms with E-state index >= 15 is 0 Å². The van der Waals surface area contributed by atoms with Gasteiger partial charge in [-0.2, -0.15) is 18.3 Å². The van der Waals surface area contributed by atoms with E-state index in [4.69, 9.17) is 0 Å². The third kappa shape index (κ3) is 4.31. The summed E-state index contributed by atoms with van der Waals surface area (Å²) in [7, 11) is -4.53. The van der Waals surface area contributed by atoms with Crippen LogP contribution in [0.4, 0.5) is 19.0 Å². The highest BCUT2D eigenvalue weighted by Gasteiger charge is 2.47. The fourth-order valence-corrected chi connectivity index (χ4v) is 6.68. The number of alkyl halides is 3. The number of aryl methyl sites for hydroxylation is 1. The fourth-order valence-electron chi connectivity index (χ4n) is 4.77. The smallest absolute Gasteiger partial charge is 0.417 e. The number of aromatic nitrogens is 3. The van der Waals surface area contributed by atoms with Gasteiger partial charge in [0.1, 0.15) is 11.9 Å². The number of sulfone groups is 1. The van der Waals surface area contributed by atoms with E-state index in [1.807, 2.05) is 24.3 Å². The Balaban J connectivity index is 1.60. The lowest BCUT2D eigenvalue weighted by Gasteiger charge is -2.24. The molecule has 1 saturated heterocycles. The van der Waals surface area contributed by atoms with Gasteiger partial charge in [-0.25, -0.2) is 17.9 Å². The predicted octanol–water partition coefficient (Wildman–Crippen LogP) is 4.25. The third-order valence-electron chi connectivity index (χ3n) is 6.45. The summed E-state index contributed by atoms with van der Waals surface area (Å²) in [5.41, 5.74) is 0.560. The molecule has 1 aliphatic heterocycles. The number of anilines is 1. The first kappa shape index (κ1) is 24.8. The lowest BCUT2D eigenvalue weighted by atomic mass is 10.2. The van der Waals surface area contributed by atoms with Gasteiger partial charge in [0.05, 0.1) is 32.6 Å². The van der Waals surface area contributed by atoms with Crippen molar-refractivity contribution in [1.29, 1.82) is 0 Å². The van der Waals surface area contributed by atoms with Gasteiger partial charge in [0.25, 0.3) is 0 Å². The number of rotatable bonds is 5. The first-order valence-electron chi connectivity index (χ1n) is 11.3. The third-order valence-corrected chi connectivity index (χ3v) is 8.64. The molecule has 1 aliphatic rings. The molecule has 2 aromatic carbocycles. The van der Waals surface area contributed by atoms with Crippen LogP contribution < -0.4 is 4.90 Å². The number of halogens is 3. The lowest BCUT2D eigenvalue weighted by molar-refractivity contribution is -0.140. The summed E-state index contributed by atoms with van der Waals surface area (Å²) in [5, 5.41) is 13.8. The molecule has 8 nitrogen and oxygen atoms in total. The molecule has 0 amide bonds. The number of carboxylic acid groups (broad SMARTS) is 1. The van der Waals surface area contributed by atoms with Crippen molar-refractivity contribution in [3.05, 3.63) is 78.1 Å². The van der Waals surface area contributed by atoms with E-state index in [9.17, 15) is 31.5 Å². The van der Waals surface area contributed by atoms with Crippen molar-refractivity contribution >= 4 is 32.5 Å². The summed E-state index contributed by atoms with van der Waals surface area (Å²) in [4.78, 5) is 17.1. The van der Waals surface area contributed by atoms with Crippen LogP contribution in [0.15, 0.2) is 71.8 Å². The number of hydrogen-bond acceptors (Lipinski definition) is 6. The summed E-state index contributed by atoms with van der Waals surface area (Å²) < 4.78 is 69.2. The normalized spacial score (nSPS) is 18.4. The Bertz CT molecular complexity index is 1610. The Hall–Kier alpha value is -3.93.